The van der Waals surface area contributed by atoms with Gasteiger partial charge in [0, 0.05) is 16.3 Å². The number of carbonyl (C=O) groups is 1. The molecule has 0 spiro atoms. The molecule has 1 amide bonds. The fourth-order valence-corrected chi connectivity index (χ4v) is 3.26. The fourth-order valence-electron chi connectivity index (χ4n) is 2.37. The Morgan fingerprint density at radius 2 is 2.09 bits per heavy atom. The number of rotatable bonds is 6. The summed E-state index contributed by atoms with van der Waals surface area (Å²) in [5.41, 5.74) is 0.851. The van der Waals surface area contributed by atoms with Gasteiger partial charge in [0.15, 0.2) is 6.04 Å². The molecule has 3 rings (SSSR count). The lowest BCUT2D eigenvalue weighted by molar-refractivity contribution is -0.123. The van der Waals surface area contributed by atoms with Gasteiger partial charge in [0.2, 0.25) is 5.91 Å². The Morgan fingerprint density at radius 1 is 1.26 bits per heavy atom. The SMILES string of the molecule is Cc1ccc(CCNC(=O)[C@@H](c2ccccc2)n2cnnn2)s1. The maximum atomic E-state index is 12.6. The van der Waals surface area contributed by atoms with Gasteiger partial charge in [0.05, 0.1) is 0 Å². The van der Waals surface area contributed by atoms with Crippen LogP contribution >= 0.6 is 11.3 Å². The summed E-state index contributed by atoms with van der Waals surface area (Å²) in [6, 6.07) is 13.1. The van der Waals surface area contributed by atoms with Crippen molar-refractivity contribution in [2.45, 2.75) is 19.4 Å². The minimum Gasteiger partial charge on any atom is -0.354 e. The van der Waals surface area contributed by atoms with E-state index in [0.717, 1.165) is 12.0 Å². The first-order valence-corrected chi connectivity index (χ1v) is 8.16. The molecule has 1 N–H and O–H groups in total. The van der Waals surface area contributed by atoms with Crippen LogP contribution in [0, 0.1) is 6.92 Å². The van der Waals surface area contributed by atoms with Crippen LogP contribution < -0.4 is 5.32 Å². The molecule has 0 aliphatic rings. The molecule has 0 aliphatic carbocycles. The molecule has 6 nitrogen and oxygen atoms in total. The average molecular weight is 327 g/mol. The van der Waals surface area contributed by atoms with Crippen LogP contribution in [-0.4, -0.2) is 32.7 Å². The Bertz CT molecular complexity index is 754. The molecule has 0 saturated carbocycles. The van der Waals surface area contributed by atoms with Crippen LogP contribution in [-0.2, 0) is 11.2 Å². The van der Waals surface area contributed by atoms with Gasteiger partial charge >= 0.3 is 0 Å². The van der Waals surface area contributed by atoms with Crippen molar-refractivity contribution in [3.63, 3.8) is 0 Å². The van der Waals surface area contributed by atoms with E-state index in [9.17, 15) is 4.79 Å². The molecule has 3 aromatic rings. The maximum absolute atomic E-state index is 12.6. The van der Waals surface area contributed by atoms with Crippen molar-refractivity contribution in [1.29, 1.82) is 0 Å². The van der Waals surface area contributed by atoms with Crippen molar-refractivity contribution >= 4 is 17.2 Å². The second-order valence-corrected chi connectivity index (χ2v) is 6.53. The monoisotopic (exact) mass is 327 g/mol. The van der Waals surface area contributed by atoms with E-state index in [1.165, 1.54) is 20.8 Å². The number of benzene rings is 1. The molecule has 1 atom stereocenters. The average Bonchev–Trinajstić information content (AvgIpc) is 3.21. The number of tetrazole rings is 1. The Morgan fingerprint density at radius 3 is 2.74 bits per heavy atom. The molecule has 0 aliphatic heterocycles. The number of nitrogens with zero attached hydrogens (tertiary/aromatic N) is 4. The Kier molecular flexibility index (Phi) is 4.77. The first kappa shape index (κ1) is 15.4. The van der Waals surface area contributed by atoms with Crippen LogP contribution in [0.5, 0.6) is 0 Å². The molecular weight excluding hydrogens is 310 g/mol. The second-order valence-electron chi connectivity index (χ2n) is 5.16. The third-order valence-electron chi connectivity index (χ3n) is 3.46. The lowest BCUT2D eigenvalue weighted by Crippen LogP contribution is -2.34. The Balaban J connectivity index is 1.68. The summed E-state index contributed by atoms with van der Waals surface area (Å²) in [4.78, 5) is 15.2. The highest BCUT2D eigenvalue weighted by atomic mass is 32.1. The molecule has 0 bridgehead atoms. The topological polar surface area (TPSA) is 72.7 Å². The smallest absolute Gasteiger partial charge is 0.249 e. The first-order valence-electron chi connectivity index (χ1n) is 7.34. The summed E-state index contributed by atoms with van der Waals surface area (Å²) >= 11 is 1.75. The summed E-state index contributed by atoms with van der Waals surface area (Å²) < 4.78 is 1.47. The maximum Gasteiger partial charge on any atom is 0.249 e. The highest BCUT2D eigenvalue weighted by Gasteiger charge is 2.23. The second kappa shape index (κ2) is 7.15. The number of hydrogen-bond acceptors (Lipinski definition) is 5. The molecule has 2 aromatic heterocycles. The van der Waals surface area contributed by atoms with Gasteiger partial charge in [-0.15, -0.1) is 16.4 Å². The van der Waals surface area contributed by atoms with Gasteiger partial charge in [-0.05, 0) is 41.5 Å². The summed E-state index contributed by atoms with van der Waals surface area (Å²) in [6.07, 6.45) is 2.28. The van der Waals surface area contributed by atoms with Gasteiger partial charge in [0.1, 0.15) is 6.33 Å². The third kappa shape index (κ3) is 3.81. The number of amides is 1. The molecule has 0 saturated heterocycles. The van der Waals surface area contributed by atoms with Crippen LogP contribution in [0.4, 0.5) is 0 Å². The van der Waals surface area contributed by atoms with Gasteiger partial charge in [-0.2, -0.15) is 0 Å². The van der Waals surface area contributed by atoms with Crippen molar-refractivity contribution in [2.75, 3.05) is 6.54 Å². The summed E-state index contributed by atoms with van der Waals surface area (Å²) in [5.74, 6) is -0.114. The van der Waals surface area contributed by atoms with Crippen molar-refractivity contribution < 1.29 is 4.79 Å². The van der Waals surface area contributed by atoms with E-state index in [2.05, 4.69) is 39.9 Å². The molecule has 7 heteroatoms. The first-order chi connectivity index (χ1) is 11.2. The lowest BCUT2D eigenvalue weighted by atomic mass is 10.1. The molecular formula is C16H17N5OS. The number of aromatic nitrogens is 4. The zero-order chi connectivity index (χ0) is 16.1. The zero-order valence-corrected chi connectivity index (χ0v) is 13.5. The predicted octanol–water partition coefficient (Wildman–Crippen LogP) is 1.99. The van der Waals surface area contributed by atoms with E-state index >= 15 is 0 Å². The predicted molar refractivity (Wildman–Crippen MR) is 88.2 cm³/mol. The molecule has 118 valence electrons. The third-order valence-corrected chi connectivity index (χ3v) is 4.52. The van der Waals surface area contributed by atoms with Crippen LogP contribution in [0.1, 0.15) is 21.4 Å². The molecule has 1 aromatic carbocycles. The molecule has 0 unspecified atom stereocenters. The van der Waals surface area contributed by atoms with Gasteiger partial charge in [0.25, 0.3) is 0 Å². The van der Waals surface area contributed by atoms with Crippen LogP contribution in [0.3, 0.4) is 0 Å². The molecule has 0 fully saturated rings. The van der Waals surface area contributed by atoms with Crippen LogP contribution in [0.25, 0.3) is 0 Å². The van der Waals surface area contributed by atoms with Gasteiger partial charge in [-0.1, -0.05) is 30.3 Å². The number of aryl methyl sites for hydroxylation is 1. The summed E-state index contributed by atoms with van der Waals surface area (Å²) in [5, 5.41) is 14.1. The van der Waals surface area contributed by atoms with Crippen molar-refractivity contribution in [1.82, 2.24) is 25.5 Å². The van der Waals surface area contributed by atoms with E-state index < -0.39 is 6.04 Å². The molecule has 2 heterocycles. The number of hydrogen-bond donors (Lipinski definition) is 1. The number of nitrogens with one attached hydrogen (secondary N) is 1. The normalized spacial score (nSPS) is 12.0. The fraction of sp³-hybridized carbons (Fsp3) is 0.250. The largest absolute Gasteiger partial charge is 0.354 e. The zero-order valence-electron chi connectivity index (χ0n) is 12.7. The molecule has 23 heavy (non-hydrogen) atoms. The lowest BCUT2D eigenvalue weighted by Gasteiger charge is -2.16. The minimum absolute atomic E-state index is 0.114. The van der Waals surface area contributed by atoms with E-state index in [4.69, 9.17) is 0 Å². The Labute approximate surface area is 138 Å². The van der Waals surface area contributed by atoms with Gasteiger partial charge < -0.3 is 5.32 Å². The van der Waals surface area contributed by atoms with Gasteiger partial charge in [-0.3, -0.25) is 4.79 Å². The van der Waals surface area contributed by atoms with Crippen molar-refractivity contribution in [3.8, 4) is 0 Å². The van der Waals surface area contributed by atoms with E-state index in [-0.39, 0.29) is 5.91 Å². The number of thiophene rings is 1. The van der Waals surface area contributed by atoms with Crippen LogP contribution in [0.2, 0.25) is 0 Å². The van der Waals surface area contributed by atoms with Gasteiger partial charge in [-0.25, -0.2) is 4.68 Å². The number of carbonyl (C=O) groups excluding carboxylic acids is 1. The van der Waals surface area contributed by atoms with Crippen molar-refractivity contribution in [3.05, 3.63) is 64.1 Å². The standard InChI is InChI=1S/C16H17N5OS/c1-12-7-8-14(23-12)9-10-17-16(22)15(21-11-18-19-20-21)13-5-3-2-4-6-13/h2-8,11,15H,9-10H2,1H3,(H,17,22)/t15-/m1/s1. The summed E-state index contributed by atoms with van der Waals surface area (Å²) in [6.45, 7) is 2.67. The highest BCUT2D eigenvalue weighted by molar-refractivity contribution is 7.11. The minimum atomic E-state index is -0.559. The van der Waals surface area contributed by atoms with Crippen LogP contribution in [0.15, 0.2) is 48.8 Å². The Hall–Kier alpha value is -2.54. The highest BCUT2D eigenvalue weighted by Crippen LogP contribution is 2.17. The molecule has 0 radical (unpaired) electrons. The van der Waals surface area contributed by atoms with E-state index in [1.807, 2.05) is 30.3 Å². The quantitative estimate of drug-likeness (QED) is 0.751. The van der Waals surface area contributed by atoms with Crippen molar-refractivity contribution in [2.24, 2.45) is 0 Å². The summed E-state index contributed by atoms with van der Waals surface area (Å²) in [7, 11) is 0. The van der Waals surface area contributed by atoms with E-state index in [1.54, 1.807) is 11.3 Å². The van der Waals surface area contributed by atoms with E-state index in [0.29, 0.717) is 6.54 Å².